The summed E-state index contributed by atoms with van der Waals surface area (Å²) in [7, 11) is 4.12. The molecule has 4 rings (SSSR count). The molecule has 0 amide bonds. The molecule has 0 fully saturated rings. The second kappa shape index (κ2) is 5.96. The Hall–Kier alpha value is -2.75. The minimum atomic E-state index is 0.973. The number of hydrogen-bond acceptors (Lipinski definition) is 3. The van der Waals surface area contributed by atoms with Crippen LogP contribution in [0.1, 0.15) is 16.7 Å². The summed E-state index contributed by atoms with van der Waals surface area (Å²) in [4.78, 5) is 2.12. The Bertz CT molecular complexity index is 920. The summed E-state index contributed by atoms with van der Waals surface area (Å²) in [5.74, 6) is 1.14. The molecule has 3 aromatic rings. The van der Waals surface area contributed by atoms with Gasteiger partial charge in [-0.1, -0.05) is 24.3 Å². The van der Waals surface area contributed by atoms with Gasteiger partial charge in [0.15, 0.2) is 0 Å². The first-order chi connectivity index (χ1) is 12.1. The van der Waals surface area contributed by atoms with Gasteiger partial charge in [0.1, 0.15) is 5.82 Å². The lowest BCUT2D eigenvalue weighted by Crippen LogP contribution is -2.08. The highest BCUT2D eigenvalue weighted by Gasteiger charge is 2.24. The van der Waals surface area contributed by atoms with Gasteiger partial charge in [-0.15, -0.1) is 0 Å². The fourth-order valence-corrected chi connectivity index (χ4v) is 3.46. The first-order valence-electron chi connectivity index (χ1n) is 8.76. The first-order valence-corrected chi connectivity index (χ1v) is 8.76. The zero-order chi connectivity index (χ0) is 17.6. The molecule has 1 aromatic heterocycles. The number of aryl methyl sites for hydroxylation is 1. The van der Waals surface area contributed by atoms with Crippen molar-refractivity contribution >= 4 is 11.5 Å². The van der Waals surface area contributed by atoms with Gasteiger partial charge in [0.05, 0.1) is 11.4 Å². The minimum Gasteiger partial charge on any atom is -0.378 e. The lowest BCUT2D eigenvalue weighted by atomic mass is 10.1. The van der Waals surface area contributed by atoms with E-state index >= 15 is 0 Å². The molecule has 0 radical (unpaired) electrons. The summed E-state index contributed by atoms with van der Waals surface area (Å²) in [6, 6.07) is 15.0. The van der Waals surface area contributed by atoms with Crippen molar-refractivity contribution in [3.8, 4) is 16.9 Å². The van der Waals surface area contributed by atoms with Gasteiger partial charge in [-0.2, -0.15) is 5.10 Å². The SMILES string of the molecule is Cc1cccc(-n2nc(-c3ccc(N(C)C)cc3)c3c2NCC3)c1C. The van der Waals surface area contributed by atoms with Crippen molar-refractivity contribution in [3.05, 3.63) is 59.2 Å². The Labute approximate surface area is 149 Å². The van der Waals surface area contributed by atoms with E-state index in [4.69, 9.17) is 5.10 Å². The Morgan fingerprint density at radius 2 is 1.80 bits per heavy atom. The van der Waals surface area contributed by atoms with Gasteiger partial charge < -0.3 is 10.2 Å². The molecule has 0 atom stereocenters. The van der Waals surface area contributed by atoms with Crippen molar-refractivity contribution in [1.82, 2.24) is 9.78 Å². The molecule has 0 unspecified atom stereocenters. The zero-order valence-electron chi connectivity index (χ0n) is 15.3. The van der Waals surface area contributed by atoms with E-state index in [1.807, 2.05) is 0 Å². The third-order valence-electron chi connectivity index (χ3n) is 5.11. The topological polar surface area (TPSA) is 33.1 Å². The standard InChI is InChI=1S/C21H24N4/c1-14-6-5-7-19(15(14)2)25-21-18(12-13-22-21)20(23-25)16-8-10-17(11-9-16)24(3)4/h5-11,22H,12-13H2,1-4H3. The maximum atomic E-state index is 4.99. The highest BCUT2D eigenvalue weighted by molar-refractivity contribution is 5.74. The second-order valence-corrected chi connectivity index (χ2v) is 6.92. The van der Waals surface area contributed by atoms with Crippen LogP contribution in [-0.4, -0.2) is 30.4 Å². The van der Waals surface area contributed by atoms with Crippen molar-refractivity contribution in [2.45, 2.75) is 20.3 Å². The van der Waals surface area contributed by atoms with E-state index in [-0.39, 0.29) is 0 Å². The predicted octanol–water partition coefficient (Wildman–Crippen LogP) is 4.19. The Balaban J connectivity index is 1.84. The fourth-order valence-electron chi connectivity index (χ4n) is 3.46. The quantitative estimate of drug-likeness (QED) is 0.781. The van der Waals surface area contributed by atoms with Crippen LogP contribution in [0.5, 0.6) is 0 Å². The van der Waals surface area contributed by atoms with Crippen LogP contribution in [-0.2, 0) is 6.42 Å². The van der Waals surface area contributed by atoms with Crippen molar-refractivity contribution in [2.24, 2.45) is 0 Å². The van der Waals surface area contributed by atoms with Crippen molar-refractivity contribution < 1.29 is 0 Å². The highest BCUT2D eigenvalue weighted by Crippen LogP contribution is 2.36. The van der Waals surface area contributed by atoms with E-state index < -0.39 is 0 Å². The fraction of sp³-hybridized carbons (Fsp3) is 0.286. The minimum absolute atomic E-state index is 0.973. The van der Waals surface area contributed by atoms with Crippen LogP contribution in [0, 0.1) is 13.8 Å². The monoisotopic (exact) mass is 332 g/mol. The summed E-state index contributed by atoms with van der Waals surface area (Å²) in [6.45, 7) is 5.29. The molecule has 0 bridgehead atoms. The molecule has 4 heteroatoms. The van der Waals surface area contributed by atoms with Crippen molar-refractivity contribution in [2.75, 3.05) is 30.9 Å². The van der Waals surface area contributed by atoms with Crippen molar-refractivity contribution in [3.63, 3.8) is 0 Å². The molecule has 1 N–H and O–H groups in total. The maximum absolute atomic E-state index is 4.99. The third-order valence-corrected chi connectivity index (χ3v) is 5.11. The summed E-state index contributed by atoms with van der Waals surface area (Å²) in [5.41, 5.74) is 8.50. The molecule has 0 saturated heterocycles. The lowest BCUT2D eigenvalue weighted by Gasteiger charge is -2.12. The number of rotatable bonds is 3. The number of anilines is 2. The molecule has 0 aliphatic carbocycles. The number of hydrogen-bond donors (Lipinski definition) is 1. The Morgan fingerprint density at radius 3 is 2.52 bits per heavy atom. The molecule has 4 nitrogen and oxygen atoms in total. The number of nitrogens with one attached hydrogen (secondary N) is 1. The number of fused-ring (bicyclic) bond motifs is 1. The second-order valence-electron chi connectivity index (χ2n) is 6.92. The van der Waals surface area contributed by atoms with Crippen LogP contribution < -0.4 is 10.2 Å². The molecular weight excluding hydrogens is 308 g/mol. The van der Waals surface area contributed by atoms with E-state index in [1.165, 1.54) is 27.9 Å². The van der Waals surface area contributed by atoms with Gasteiger partial charge in [-0.3, -0.25) is 0 Å². The van der Waals surface area contributed by atoms with Gasteiger partial charge in [0.2, 0.25) is 0 Å². The smallest absolute Gasteiger partial charge is 0.133 e. The third kappa shape index (κ3) is 2.58. The highest BCUT2D eigenvalue weighted by atomic mass is 15.3. The van der Waals surface area contributed by atoms with Gasteiger partial charge in [0.25, 0.3) is 0 Å². The average molecular weight is 332 g/mol. The largest absolute Gasteiger partial charge is 0.378 e. The normalized spacial score (nSPS) is 12.8. The summed E-state index contributed by atoms with van der Waals surface area (Å²) >= 11 is 0. The van der Waals surface area contributed by atoms with Crippen LogP contribution >= 0.6 is 0 Å². The van der Waals surface area contributed by atoms with E-state index in [0.717, 1.165) is 30.2 Å². The number of benzene rings is 2. The molecule has 0 saturated carbocycles. The molecule has 1 aliphatic rings. The number of aromatic nitrogens is 2. The summed E-state index contributed by atoms with van der Waals surface area (Å²) < 4.78 is 2.08. The first kappa shape index (κ1) is 15.8. The van der Waals surface area contributed by atoms with Gasteiger partial charge in [-0.05, 0) is 49.6 Å². The van der Waals surface area contributed by atoms with Crippen molar-refractivity contribution in [1.29, 1.82) is 0 Å². The number of nitrogens with zero attached hydrogens (tertiary/aromatic N) is 3. The van der Waals surface area contributed by atoms with Crippen LogP contribution in [0.3, 0.4) is 0 Å². The van der Waals surface area contributed by atoms with E-state index in [2.05, 4.69) is 85.3 Å². The lowest BCUT2D eigenvalue weighted by molar-refractivity contribution is 0.873. The molecule has 2 aromatic carbocycles. The molecule has 25 heavy (non-hydrogen) atoms. The maximum Gasteiger partial charge on any atom is 0.133 e. The van der Waals surface area contributed by atoms with Crippen LogP contribution in [0.4, 0.5) is 11.5 Å². The van der Waals surface area contributed by atoms with E-state index in [1.54, 1.807) is 0 Å². The van der Waals surface area contributed by atoms with Gasteiger partial charge in [0, 0.05) is 37.5 Å². The summed E-state index contributed by atoms with van der Waals surface area (Å²) in [5, 5.41) is 8.52. The van der Waals surface area contributed by atoms with Crippen LogP contribution in [0.15, 0.2) is 42.5 Å². The van der Waals surface area contributed by atoms with Crippen LogP contribution in [0.2, 0.25) is 0 Å². The average Bonchev–Trinajstić information content (AvgIpc) is 3.20. The van der Waals surface area contributed by atoms with E-state index in [9.17, 15) is 0 Å². The molecule has 0 spiro atoms. The Morgan fingerprint density at radius 1 is 1.04 bits per heavy atom. The molecule has 1 aliphatic heterocycles. The zero-order valence-corrected chi connectivity index (χ0v) is 15.3. The van der Waals surface area contributed by atoms with Crippen LogP contribution in [0.25, 0.3) is 16.9 Å². The molecule has 2 heterocycles. The Kier molecular flexibility index (Phi) is 3.75. The van der Waals surface area contributed by atoms with Gasteiger partial charge in [-0.25, -0.2) is 4.68 Å². The molecular formula is C21H24N4. The summed E-state index contributed by atoms with van der Waals surface area (Å²) in [6.07, 6.45) is 1.02. The van der Waals surface area contributed by atoms with E-state index in [0.29, 0.717) is 0 Å². The predicted molar refractivity (Wildman–Crippen MR) is 105 cm³/mol. The molecule has 128 valence electrons. The van der Waals surface area contributed by atoms with Gasteiger partial charge >= 0.3 is 0 Å².